The first kappa shape index (κ1) is 12.9. The molecule has 0 radical (unpaired) electrons. The van der Waals surface area contributed by atoms with Crippen molar-refractivity contribution in [2.75, 3.05) is 6.54 Å². The highest BCUT2D eigenvalue weighted by molar-refractivity contribution is 7.80. The zero-order valence-electron chi connectivity index (χ0n) is 11.1. The van der Waals surface area contributed by atoms with Gasteiger partial charge in [0, 0.05) is 18.0 Å². The van der Waals surface area contributed by atoms with Crippen molar-refractivity contribution in [3.63, 3.8) is 0 Å². The first-order valence-corrected chi connectivity index (χ1v) is 6.93. The van der Waals surface area contributed by atoms with E-state index >= 15 is 0 Å². The van der Waals surface area contributed by atoms with Gasteiger partial charge in [-0.3, -0.25) is 9.69 Å². The minimum absolute atomic E-state index is 0.0997. The lowest BCUT2D eigenvalue weighted by molar-refractivity contribution is -0.122. The van der Waals surface area contributed by atoms with Gasteiger partial charge < -0.3 is 9.73 Å². The maximum absolute atomic E-state index is 12.2. The molecule has 1 aliphatic heterocycles. The van der Waals surface area contributed by atoms with Crippen LogP contribution in [0.5, 0.6) is 0 Å². The molecule has 0 aliphatic carbocycles. The molecule has 20 heavy (non-hydrogen) atoms. The van der Waals surface area contributed by atoms with Gasteiger partial charge in [0.2, 0.25) is 0 Å². The Kier molecular flexibility index (Phi) is 3.28. The van der Waals surface area contributed by atoms with Gasteiger partial charge in [-0.25, -0.2) is 0 Å². The van der Waals surface area contributed by atoms with Crippen LogP contribution in [0, 0.1) is 0 Å². The van der Waals surface area contributed by atoms with Gasteiger partial charge in [0.15, 0.2) is 5.11 Å². The molecule has 2 heterocycles. The lowest BCUT2D eigenvalue weighted by Gasteiger charge is -2.11. The Morgan fingerprint density at radius 2 is 2.20 bits per heavy atom. The molecule has 1 saturated heterocycles. The van der Waals surface area contributed by atoms with Crippen LogP contribution in [0.2, 0.25) is 0 Å². The van der Waals surface area contributed by atoms with Crippen molar-refractivity contribution in [3.05, 3.63) is 41.8 Å². The molecule has 1 aromatic carbocycles. The summed E-state index contributed by atoms with van der Waals surface area (Å²) in [5, 5.41) is 4.41. The quantitative estimate of drug-likeness (QED) is 0.696. The second-order valence-corrected chi connectivity index (χ2v) is 5.02. The minimum Gasteiger partial charge on any atom is -0.457 e. The monoisotopic (exact) mass is 286 g/mol. The fourth-order valence-electron chi connectivity index (χ4n) is 2.21. The van der Waals surface area contributed by atoms with E-state index in [-0.39, 0.29) is 5.91 Å². The molecule has 0 spiro atoms. The maximum atomic E-state index is 12.2. The number of carbonyl (C=O) groups excluding carboxylic acids is 1. The number of hydrogen-bond acceptors (Lipinski definition) is 3. The molecule has 1 amide bonds. The van der Waals surface area contributed by atoms with E-state index in [1.807, 2.05) is 37.3 Å². The van der Waals surface area contributed by atoms with Crippen LogP contribution in [0.1, 0.15) is 19.1 Å². The van der Waals surface area contributed by atoms with Gasteiger partial charge in [0.05, 0.1) is 0 Å². The van der Waals surface area contributed by atoms with E-state index in [1.54, 1.807) is 11.0 Å². The Morgan fingerprint density at radius 3 is 2.95 bits per heavy atom. The SMILES string of the molecule is CCCN1C(=O)/C(=C/c2cc3ccccc3o2)NC1=S. The van der Waals surface area contributed by atoms with Crippen LogP contribution in [0.4, 0.5) is 0 Å². The van der Waals surface area contributed by atoms with Crippen LogP contribution in [0.25, 0.3) is 17.0 Å². The molecule has 1 N–H and O–H groups in total. The van der Waals surface area contributed by atoms with Crippen LogP contribution < -0.4 is 5.32 Å². The summed E-state index contributed by atoms with van der Waals surface area (Å²) in [5.74, 6) is 0.542. The molecule has 0 bridgehead atoms. The summed E-state index contributed by atoms with van der Waals surface area (Å²) < 4.78 is 5.68. The zero-order chi connectivity index (χ0) is 14.1. The van der Waals surface area contributed by atoms with Crippen molar-refractivity contribution >= 4 is 40.3 Å². The first-order valence-electron chi connectivity index (χ1n) is 6.52. The number of nitrogens with zero attached hydrogens (tertiary/aromatic N) is 1. The number of fused-ring (bicyclic) bond motifs is 1. The largest absolute Gasteiger partial charge is 0.457 e. The fraction of sp³-hybridized carbons (Fsp3) is 0.200. The van der Waals surface area contributed by atoms with Crippen LogP contribution in [-0.2, 0) is 4.79 Å². The molecular weight excluding hydrogens is 272 g/mol. The summed E-state index contributed by atoms with van der Waals surface area (Å²) >= 11 is 5.16. The van der Waals surface area contributed by atoms with Crippen LogP contribution in [0.3, 0.4) is 0 Å². The number of para-hydroxylation sites is 1. The first-order chi connectivity index (χ1) is 9.69. The Hall–Kier alpha value is -2.14. The van der Waals surface area contributed by atoms with E-state index < -0.39 is 0 Å². The van der Waals surface area contributed by atoms with Gasteiger partial charge in [0.1, 0.15) is 17.0 Å². The molecule has 2 aromatic rings. The van der Waals surface area contributed by atoms with Gasteiger partial charge >= 0.3 is 0 Å². The van der Waals surface area contributed by atoms with Crippen LogP contribution >= 0.6 is 12.2 Å². The molecular formula is C15H14N2O2S. The fourth-order valence-corrected chi connectivity index (χ4v) is 2.50. The number of amides is 1. The number of benzene rings is 1. The number of furan rings is 1. The van der Waals surface area contributed by atoms with Gasteiger partial charge in [-0.2, -0.15) is 0 Å². The zero-order valence-corrected chi connectivity index (χ0v) is 11.9. The van der Waals surface area contributed by atoms with E-state index in [2.05, 4.69) is 5.32 Å². The van der Waals surface area contributed by atoms with Crippen molar-refractivity contribution in [2.45, 2.75) is 13.3 Å². The standard InChI is InChI=1S/C15H14N2O2S/c1-2-7-17-14(18)12(16-15(17)20)9-11-8-10-5-3-4-6-13(10)19-11/h3-6,8-9H,2,7H2,1H3,(H,16,20)/b12-9-. The second kappa shape index (κ2) is 5.09. The van der Waals surface area contributed by atoms with Crippen molar-refractivity contribution in [2.24, 2.45) is 0 Å². The average Bonchev–Trinajstić information content (AvgIpc) is 2.95. The Labute approximate surface area is 122 Å². The van der Waals surface area contributed by atoms with Crippen LogP contribution in [0.15, 0.2) is 40.4 Å². The Morgan fingerprint density at radius 1 is 1.40 bits per heavy atom. The van der Waals surface area contributed by atoms with Crippen molar-refractivity contribution < 1.29 is 9.21 Å². The number of hydrogen-bond donors (Lipinski definition) is 1. The number of rotatable bonds is 3. The summed E-state index contributed by atoms with van der Waals surface area (Å²) in [6.07, 6.45) is 2.57. The molecule has 0 unspecified atom stereocenters. The van der Waals surface area contributed by atoms with E-state index in [1.165, 1.54) is 0 Å². The van der Waals surface area contributed by atoms with E-state index in [9.17, 15) is 4.79 Å². The molecule has 3 rings (SSSR count). The third-order valence-corrected chi connectivity index (χ3v) is 3.46. The Bertz CT molecular complexity index is 684. The third-order valence-electron chi connectivity index (χ3n) is 3.14. The lowest BCUT2D eigenvalue weighted by atomic mass is 10.2. The smallest absolute Gasteiger partial charge is 0.276 e. The number of nitrogens with one attached hydrogen (secondary N) is 1. The summed E-state index contributed by atoms with van der Waals surface area (Å²) in [6.45, 7) is 2.64. The van der Waals surface area contributed by atoms with E-state index in [4.69, 9.17) is 16.6 Å². The molecule has 102 valence electrons. The van der Waals surface area contributed by atoms with Gasteiger partial charge in [-0.15, -0.1) is 0 Å². The minimum atomic E-state index is -0.0997. The number of thiocarbonyl (C=S) groups is 1. The highest BCUT2D eigenvalue weighted by Gasteiger charge is 2.29. The molecule has 1 aliphatic rings. The van der Waals surface area contributed by atoms with Crippen molar-refractivity contribution in [3.8, 4) is 0 Å². The van der Waals surface area contributed by atoms with Gasteiger partial charge in [-0.1, -0.05) is 25.1 Å². The normalized spacial score (nSPS) is 17.2. The molecule has 1 fully saturated rings. The second-order valence-electron chi connectivity index (χ2n) is 4.63. The molecule has 4 nitrogen and oxygen atoms in total. The molecule has 1 aromatic heterocycles. The maximum Gasteiger partial charge on any atom is 0.276 e. The van der Waals surface area contributed by atoms with Crippen molar-refractivity contribution in [1.82, 2.24) is 10.2 Å². The molecule has 0 atom stereocenters. The molecule has 0 saturated carbocycles. The predicted octanol–water partition coefficient (Wildman–Crippen LogP) is 2.90. The van der Waals surface area contributed by atoms with E-state index in [0.717, 1.165) is 17.4 Å². The number of carbonyl (C=O) groups is 1. The lowest BCUT2D eigenvalue weighted by Crippen LogP contribution is -2.31. The topological polar surface area (TPSA) is 45.5 Å². The Balaban J connectivity index is 1.92. The van der Waals surface area contributed by atoms with Gasteiger partial charge in [0.25, 0.3) is 5.91 Å². The highest BCUT2D eigenvalue weighted by Crippen LogP contribution is 2.22. The van der Waals surface area contributed by atoms with Gasteiger partial charge in [-0.05, 0) is 30.8 Å². The average molecular weight is 286 g/mol. The highest BCUT2D eigenvalue weighted by atomic mass is 32.1. The summed E-state index contributed by atoms with van der Waals surface area (Å²) in [5.41, 5.74) is 1.26. The van der Waals surface area contributed by atoms with Crippen LogP contribution in [-0.4, -0.2) is 22.5 Å². The summed E-state index contributed by atoms with van der Waals surface area (Å²) in [7, 11) is 0. The summed E-state index contributed by atoms with van der Waals surface area (Å²) in [4.78, 5) is 13.8. The van der Waals surface area contributed by atoms with Crippen molar-refractivity contribution in [1.29, 1.82) is 0 Å². The van der Waals surface area contributed by atoms with E-state index in [0.29, 0.717) is 23.1 Å². The molecule has 5 heteroatoms. The predicted molar refractivity (Wildman–Crippen MR) is 81.9 cm³/mol. The third kappa shape index (κ3) is 2.20. The summed E-state index contributed by atoms with van der Waals surface area (Å²) in [6, 6.07) is 9.64.